The maximum absolute atomic E-state index is 14.7. The van der Waals surface area contributed by atoms with E-state index in [0.29, 0.717) is 44.0 Å². The number of aliphatic hydroxyl groups is 3. The zero-order chi connectivity index (χ0) is 42.2. The third-order valence-electron chi connectivity index (χ3n) is 12.9. The number of oxime groups is 1. The Kier molecular flexibility index (Phi) is 18.2. The van der Waals surface area contributed by atoms with Gasteiger partial charge in [0.25, 0.3) is 0 Å². The molecule has 6 unspecified atom stereocenters. The van der Waals surface area contributed by atoms with E-state index in [1.54, 1.807) is 24.9 Å². The lowest BCUT2D eigenvalue weighted by Crippen LogP contribution is -2.70. The lowest BCUT2D eigenvalue weighted by molar-refractivity contribution is -0.258. The smallest absolute Gasteiger partial charge is 0.239 e. The van der Waals surface area contributed by atoms with Crippen LogP contribution in [0.15, 0.2) is 82.9 Å². The standard InChI is InChI=1S/C48H68N2O9S/c1-3-27-58-48-44(50(23-28-56-29-26-53)45(54)22-19-35-13-7-8-14-35)34-42(49-55-2)40-32-36(15-9-11-24-51)39(18-10-12-25-52)46(47(40)48)41-33-37(20-21-43(41)59-48)57-30-31-60-38-16-5-4-6-17-38/h3-6,16-17,20-21,32-33,35-36,39,44,46-47,51-53H,1,7-15,18-19,22-31,34H2,2H3. The number of rotatable bonds is 26. The third kappa shape index (κ3) is 11.3. The van der Waals surface area contributed by atoms with Crippen molar-refractivity contribution in [2.24, 2.45) is 28.8 Å². The van der Waals surface area contributed by atoms with Crippen molar-refractivity contribution in [3.05, 3.63) is 78.4 Å². The Labute approximate surface area is 361 Å². The average molecular weight is 849 g/mol. The topological polar surface area (TPSA) is 140 Å². The number of unbranched alkanes of at least 4 members (excludes halogenated alkanes) is 2. The molecule has 2 fully saturated rings. The number of aliphatic hydroxyl groups excluding tert-OH is 3. The number of thioether (sulfide) groups is 1. The number of amides is 1. The molecule has 3 aliphatic carbocycles. The van der Waals surface area contributed by atoms with Crippen LogP contribution in [0.3, 0.4) is 0 Å². The van der Waals surface area contributed by atoms with Crippen LogP contribution in [-0.4, -0.2) is 109 Å². The zero-order valence-electron chi connectivity index (χ0n) is 35.6. The molecule has 11 nitrogen and oxygen atoms in total. The van der Waals surface area contributed by atoms with Crippen molar-refractivity contribution in [1.82, 2.24) is 4.90 Å². The van der Waals surface area contributed by atoms with Crippen molar-refractivity contribution < 1.29 is 43.9 Å². The fourth-order valence-electron chi connectivity index (χ4n) is 10.2. The van der Waals surface area contributed by atoms with Gasteiger partial charge >= 0.3 is 0 Å². The molecule has 0 spiro atoms. The van der Waals surface area contributed by atoms with Crippen LogP contribution in [0.2, 0.25) is 0 Å². The average Bonchev–Trinajstić information content (AvgIpc) is 3.80. The summed E-state index contributed by atoms with van der Waals surface area (Å²) in [6, 6.07) is 15.8. The molecule has 3 N–H and O–H groups in total. The predicted molar refractivity (Wildman–Crippen MR) is 235 cm³/mol. The van der Waals surface area contributed by atoms with E-state index in [1.807, 2.05) is 35.2 Å². The highest BCUT2D eigenvalue weighted by atomic mass is 32.2. The molecule has 2 aromatic carbocycles. The maximum Gasteiger partial charge on any atom is 0.239 e. The second-order valence-electron chi connectivity index (χ2n) is 16.6. The summed E-state index contributed by atoms with van der Waals surface area (Å²) in [4.78, 5) is 23.5. The number of hydrogen-bond donors (Lipinski definition) is 3. The van der Waals surface area contributed by atoms with Crippen molar-refractivity contribution in [3.8, 4) is 11.5 Å². The molecule has 1 aliphatic heterocycles. The van der Waals surface area contributed by atoms with Crippen LogP contribution < -0.4 is 9.47 Å². The van der Waals surface area contributed by atoms with Gasteiger partial charge in [0.15, 0.2) is 0 Å². The summed E-state index contributed by atoms with van der Waals surface area (Å²) in [7, 11) is 1.56. The van der Waals surface area contributed by atoms with Gasteiger partial charge in [-0.2, -0.15) is 0 Å². The van der Waals surface area contributed by atoms with Gasteiger partial charge < -0.3 is 44.0 Å². The number of fused-ring (bicyclic) bond motifs is 2. The molecule has 2 aromatic rings. The second kappa shape index (κ2) is 23.7. The van der Waals surface area contributed by atoms with Gasteiger partial charge in [0.05, 0.1) is 44.7 Å². The van der Waals surface area contributed by atoms with Gasteiger partial charge in [0.1, 0.15) is 24.7 Å². The Bertz CT molecular complexity index is 1700. The minimum Gasteiger partial charge on any atom is -0.493 e. The SMILES string of the molecule is C=CCOC12Oc3ccc(OCCSc4ccccc4)cc3C3C(CCCCO)C(CCCCO)C=C(C(=NOC)CC1N(CCOCCO)C(=O)CCC1CCCC1)C32. The molecule has 1 heterocycles. The lowest BCUT2D eigenvalue weighted by atomic mass is 9.55. The van der Waals surface area contributed by atoms with Gasteiger partial charge in [-0.25, -0.2) is 0 Å². The van der Waals surface area contributed by atoms with E-state index < -0.39 is 17.7 Å². The number of benzene rings is 2. The van der Waals surface area contributed by atoms with E-state index in [9.17, 15) is 20.1 Å². The fraction of sp³-hybridized carbons (Fsp3) is 0.625. The first-order valence-corrected chi connectivity index (χ1v) is 23.4. The molecule has 0 aromatic heterocycles. The Hall–Kier alpha value is -3.39. The van der Waals surface area contributed by atoms with E-state index in [0.717, 1.165) is 73.3 Å². The summed E-state index contributed by atoms with van der Waals surface area (Å²) in [5.41, 5.74) is 2.79. The van der Waals surface area contributed by atoms with Gasteiger partial charge in [-0.1, -0.05) is 74.0 Å². The predicted octanol–water partition coefficient (Wildman–Crippen LogP) is 7.93. The van der Waals surface area contributed by atoms with Crippen LogP contribution in [0.4, 0.5) is 0 Å². The van der Waals surface area contributed by atoms with Gasteiger partial charge in [0, 0.05) is 54.7 Å². The molecular formula is C48H68N2O9S. The Morgan fingerprint density at radius 2 is 1.77 bits per heavy atom. The molecule has 0 radical (unpaired) electrons. The van der Waals surface area contributed by atoms with Crippen LogP contribution in [-0.2, 0) is 19.1 Å². The molecule has 0 saturated heterocycles. The number of carbonyl (C=O) groups excluding carboxylic acids is 1. The minimum absolute atomic E-state index is 0.0190. The first-order valence-electron chi connectivity index (χ1n) is 22.4. The number of carbonyl (C=O) groups is 1. The lowest BCUT2D eigenvalue weighted by Gasteiger charge is -2.60. The highest BCUT2D eigenvalue weighted by Gasteiger charge is 2.65. The summed E-state index contributed by atoms with van der Waals surface area (Å²) in [6.07, 6.45) is 15.2. The Morgan fingerprint density at radius 3 is 2.50 bits per heavy atom. The number of allylic oxidation sites excluding steroid dienone is 1. The summed E-state index contributed by atoms with van der Waals surface area (Å²) in [6.45, 7) is 5.62. The van der Waals surface area contributed by atoms with Gasteiger partial charge in [-0.3, -0.25) is 4.79 Å². The van der Waals surface area contributed by atoms with Crippen molar-refractivity contribution in [2.75, 3.05) is 65.7 Å². The van der Waals surface area contributed by atoms with E-state index in [4.69, 9.17) is 28.9 Å². The Balaban J connectivity index is 1.46. The van der Waals surface area contributed by atoms with Crippen LogP contribution in [0, 0.1) is 23.7 Å². The van der Waals surface area contributed by atoms with Gasteiger partial charge in [-0.05, 0) is 85.8 Å². The van der Waals surface area contributed by atoms with Gasteiger partial charge in [0.2, 0.25) is 11.7 Å². The summed E-state index contributed by atoms with van der Waals surface area (Å²) < 4.78 is 26.8. The molecular weight excluding hydrogens is 781 g/mol. The number of ether oxygens (including phenoxy) is 4. The molecule has 60 heavy (non-hydrogen) atoms. The van der Waals surface area contributed by atoms with Crippen molar-refractivity contribution in [1.29, 1.82) is 0 Å². The van der Waals surface area contributed by atoms with E-state index in [2.05, 4.69) is 30.9 Å². The third-order valence-corrected chi connectivity index (χ3v) is 13.8. The molecule has 12 heteroatoms. The second-order valence-corrected chi connectivity index (χ2v) is 17.7. The van der Waals surface area contributed by atoms with Crippen LogP contribution in [0.25, 0.3) is 0 Å². The van der Waals surface area contributed by atoms with E-state index >= 15 is 0 Å². The van der Waals surface area contributed by atoms with Crippen molar-refractivity contribution >= 4 is 23.4 Å². The normalized spacial score (nSPS) is 25.2. The van der Waals surface area contributed by atoms with E-state index in [-0.39, 0.29) is 69.8 Å². The maximum atomic E-state index is 14.7. The zero-order valence-corrected chi connectivity index (χ0v) is 36.4. The first-order chi connectivity index (χ1) is 29.5. The molecule has 6 atom stereocenters. The molecule has 4 aliphatic rings. The molecule has 6 rings (SSSR count). The number of hydrogen-bond acceptors (Lipinski definition) is 11. The highest BCUT2D eigenvalue weighted by molar-refractivity contribution is 7.99. The van der Waals surface area contributed by atoms with Crippen molar-refractivity contribution in [3.63, 3.8) is 0 Å². The summed E-state index contributed by atoms with van der Waals surface area (Å²) in [5, 5.41) is 34.1. The quantitative estimate of drug-likeness (QED) is 0.0370. The van der Waals surface area contributed by atoms with Crippen LogP contribution >= 0.6 is 11.8 Å². The van der Waals surface area contributed by atoms with Crippen LogP contribution in [0.5, 0.6) is 11.5 Å². The molecule has 2 saturated carbocycles. The van der Waals surface area contributed by atoms with E-state index in [1.165, 1.54) is 17.7 Å². The van der Waals surface area contributed by atoms with Crippen LogP contribution in [0.1, 0.15) is 95.0 Å². The first kappa shape index (κ1) is 46.1. The number of nitrogens with zero attached hydrogens (tertiary/aromatic N) is 2. The molecule has 1 amide bonds. The highest BCUT2D eigenvalue weighted by Crippen LogP contribution is 2.62. The largest absolute Gasteiger partial charge is 0.493 e. The van der Waals surface area contributed by atoms with Crippen molar-refractivity contribution in [2.45, 2.75) is 106 Å². The minimum atomic E-state index is -1.33. The monoisotopic (exact) mass is 848 g/mol. The fourth-order valence-corrected chi connectivity index (χ4v) is 11.0. The summed E-state index contributed by atoms with van der Waals surface area (Å²) >= 11 is 1.76. The Morgan fingerprint density at radius 1 is 0.983 bits per heavy atom. The molecule has 330 valence electrons. The van der Waals surface area contributed by atoms with Gasteiger partial charge in [-0.15, -0.1) is 18.3 Å². The summed E-state index contributed by atoms with van der Waals surface area (Å²) in [5.74, 6) is 1.20. The molecule has 0 bridgehead atoms.